The molecule has 0 unspecified atom stereocenters. The van der Waals surface area contributed by atoms with E-state index in [4.69, 9.17) is 19.3 Å². The van der Waals surface area contributed by atoms with E-state index < -0.39 is 0 Å². The zero-order valence-electron chi connectivity index (χ0n) is 12.2. The Morgan fingerprint density at radius 1 is 1.19 bits per heavy atom. The Morgan fingerprint density at radius 2 is 2.05 bits per heavy atom. The summed E-state index contributed by atoms with van der Waals surface area (Å²) in [5, 5.41) is 8.70. The lowest BCUT2D eigenvalue weighted by Crippen LogP contribution is -2.09. The number of benzene rings is 1. The van der Waals surface area contributed by atoms with E-state index in [2.05, 4.69) is 11.8 Å². The van der Waals surface area contributed by atoms with Gasteiger partial charge in [-0.05, 0) is 18.6 Å². The maximum atomic E-state index is 13.2. The van der Waals surface area contributed by atoms with E-state index in [1.165, 1.54) is 12.1 Å². The third-order valence-electron chi connectivity index (χ3n) is 2.53. The highest BCUT2D eigenvalue weighted by molar-refractivity contribution is 5.46. The summed E-state index contributed by atoms with van der Waals surface area (Å²) in [6, 6.07) is 4.19. The van der Waals surface area contributed by atoms with E-state index in [1.807, 2.05) is 0 Å². The molecule has 0 aliphatic heterocycles. The van der Waals surface area contributed by atoms with Crippen LogP contribution in [0.2, 0.25) is 0 Å². The molecule has 0 saturated heterocycles. The van der Waals surface area contributed by atoms with Crippen LogP contribution in [0.3, 0.4) is 0 Å². The molecule has 0 spiro atoms. The lowest BCUT2D eigenvalue weighted by atomic mass is 10.2. The van der Waals surface area contributed by atoms with Crippen LogP contribution in [0.4, 0.5) is 4.39 Å². The molecule has 1 rings (SSSR count). The molecule has 0 fully saturated rings. The summed E-state index contributed by atoms with van der Waals surface area (Å²) in [4.78, 5) is 0. The zero-order chi connectivity index (χ0) is 15.3. The molecule has 0 aliphatic carbocycles. The molecule has 5 heteroatoms. The summed E-state index contributed by atoms with van der Waals surface area (Å²) in [6.07, 6.45) is 1.20. The van der Waals surface area contributed by atoms with Crippen molar-refractivity contribution in [1.29, 1.82) is 0 Å². The van der Waals surface area contributed by atoms with E-state index in [0.717, 1.165) is 6.42 Å². The Hall–Kier alpha value is -1.61. The first-order valence-electron chi connectivity index (χ1n) is 6.86. The summed E-state index contributed by atoms with van der Waals surface area (Å²) in [6.45, 7) is 2.01. The number of methoxy groups -OCH3 is 1. The topological polar surface area (TPSA) is 47.9 Å². The number of ether oxygens (including phenoxy) is 3. The minimum atomic E-state index is -0.376. The average Bonchev–Trinajstić information content (AvgIpc) is 2.48. The van der Waals surface area contributed by atoms with Crippen molar-refractivity contribution in [3.05, 3.63) is 29.6 Å². The molecule has 0 bridgehead atoms. The standard InChI is InChI=1S/C16H21FO4/c1-19-9-4-10-20-11-12-21-16-13-15(17)7-6-14(16)5-2-3-8-18/h6-7,13,18H,3-4,8-12H2,1H3. The number of hydrogen-bond acceptors (Lipinski definition) is 4. The van der Waals surface area contributed by atoms with Gasteiger partial charge in [0.1, 0.15) is 18.2 Å². The van der Waals surface area contributed by atoms with Crippen molar-refractivity contribution >= 4 is 0 Å². The van der Waals surface area contributed by atoms with Gasteiger partial charge < -0.3 is 19.3 Å². The van der Waals surface area contributed by atoms with E-state index >= 15 is 0 Å². The number of hydrogen-bond donors (Lipinski definition) is 1. The highest BCUT2D eigenvalue weighted by Crippen LogP contribution is 2.19. The second-order valence-electron chi connectivity index (χ2n) is 4.22. The van der Waals surface area contributed by atoms with Crippen LogP contribution in [-0.2, 0) is 9.47 Å². The largest absolute Gasteiger partial charge is 0.490 e. The van der Waals surface area contributed by atoms with Crippen LogP contribution in [0.1, 0.15) is 18.4 Å². The second kappa shape index (κ2) is 11.1. The molecule has 1 N–H and O–H groups in total. The number of rotatable bonds is 9. The Labute approximate surface area is 124 Å². The van der Waals surface area contributed by atoms with Gasteiger partial charge in [0.15, 0.2) is 0 Å². The fourth-order valence-corrected chi connectivity index (χ4v) is 1.55. The molecule has 1 aromatic rings. The van der Waals surface area contributed by atoms with Gasteiger partial charge in [-0.15, -0.1) is 0 Å². The van der Waals surface area contributed by atoms with Crippen molar-refractivity contribution in [3.63, 3.8) is 0 Å². The molecular formula is C16H21FO4. The average molecular weight is 296 g/mol. The van der Waals surface area contributed by atoms with Crippen LogP contribution in [0.15, 0.2) is 18.2 Å². The minimum absolute atomic E-state index is 0.000298. The fourth-order valence-electron chi connectivity index (χ4n) is 1.55. The lowest BCUT2D eigenvalue weighted by Gasteiger charge is -2.09. The SMILES string of the molecule is COCCCOCCOc1cc(F)ccc1C#CCCO. The Bertz CT molecular complexity index is 465. The highest BCUT2D eigenvalue weighted by atomic mass is 19.1. The third kappa shape index (κ3) is 7.66. The quantitative estimate of drug-likeness (QED) is 0.559. The second-order valence-corrected chi connectivity index (χ2v) is 4.22. The molecule has 1 aromatic carbocycles. The van der Waals surface area contributed by atoms with Gasteiger partial charge in [0.05, 0.1) is 18.8 Å². The monoisotopic (exact) mass is 296 g/mol. The first kappa shape index (κ1) is 17.4. The Morgan fingerprint density at radius 3 is 2.81 bits per heavy atom. The van der Waals surface area contributed by atoms with Gasteiger partial charge in [-0.25, -0.2) is 4.39 Å². The van der Waals surface area contributed by atoms with Crippen LogP contribution in [0.25, 0.3) is 0 Å². The van der Waals surface area contributed by atoms with Crippen molar-refractivity contribution in [3.8, 4) is 17.6 Å². The maximum Gasteiger partial charge on any atom is 0.137 e. The Kier molecular flexibility index (Phi) is 9.21. The molecule has 0 saturated carbocycles. The predicted molar refractivity (Wildman–Crippen MR) is 77.8 cm³/mol. The number of aliphatic hydroxyl groups is 1. The summed E-state index contributed by atoms with van der Waals surface area (Å²) in [5.74, 6) is 5.65. The van der Waals surface area contributed by atoms with Gasteiger partial charge in [-0.3, -0.25) is 0 Å². The van der Waals surface area contributed by atoms with Gasteiger partial charge in [0.25, 0.3) is 0 Å². The van der Waals surface area contributed by atoms with Crippen molar-refractivity contribution in [1.82, 2.24) is 0 Å². The maximum absolute atomic E-state index is 13.2. The first-order valence-corrected chi connectivity index (χ1v) is 6.86. The predicted octanol–water partition coefficient (Wildman–Crippen LogP) is 1.99. The van der Waals surface area contributed by atoms with E-state index in [1.54, 1.807) is 13.2 Å². The van der Waals surface area contributed by atoms with E-state index in [9.17, 15) is 4.39 Å². The van der Waals surface area contributed by atoms with Crippen LogP contribution in [-0.4, -0.2) is 45.3 Å². The van der Waals surface area contributed by atoms with Gasteiger partial charge in [-0.1, -0.05) is 11.8 Å². The number of halogens is 1. The van der Waals surface area contributed by atoms with Crippen LogP contribution < -0.4 is 4.74 Å². The summed E-state index contributed by atoms with van der Waals surface area (Å²) < 4.78 is 29.0. The molecule has 4 nitrogen and oxygen atoms in total. The molecule has 0 aromatic heterocycles. The summed E-state index contributed by atoms with van der Waals surface area (Å²) >= 11 is 0. The fraction of sp³-hybridized carbons (Fsp3) is 0.500. The van der Waals surface area contributed by atoms with Gasteiger partial charge in [0.2, 0.25) is 0 Å². The van der Waals surface area contributed by atoms with Crippen LogP contribution in [0, 0.1) is 17.7 Å². The normalized spacial score (nSPS) is 10.0. The first-order chi connectivity index (χ1) is 10.3. The molecule has 116 valence electrons. The zero-order valence-corrected chi connectivity index (χ0v) is 12.2. The highest BCUT2D eigenvalue weighted by Gasteiger charge is 2.03. The van der Waals surface area contributed by atoms with Gasteiger partial charge >= 0.3 is 0 Å². The van der Waals surface area contributed by atoms with Crippen LogP contribution >= 0.6 is 0 Å². The van der Waals surface area contributed by atoms with Crippen molar-refractivity contribution in [2.45, 2.75) is 12.8 Å². The molecule has 0 radical (unpaired) electrons. The molecule has 21 heavy (non-hydrogen) atoms. The van der Waals surface area contributed by atoms with E-state index in [-0.39, 0.29) is 12.4 Å². The lowest BCUT2D eigenvalue weighted by molar-refractivity contribution is 0.0805. The summed E-state index contributed by atoms with van der Waals surface area (Å²) in [7, 11) is 1.65. The van der Waals surface area contributed by atoms with Crippen molar-refractivity contribution in [2.75, 3.05) is 40.1 Å². The smallest absolute Gasteiger partial charge is 0.137 e. The molecule has 0 atom stereocenters. The minimum Gasteiger partial charge on any atom is -0.490 e. The van der Waals surface area contributed by atoms with Gasteiger partial charge in [0, 0.05) is 32.8 Å². The van der Waals surface area contributed by atoms with Crippen molar-refractivity contribution in [2.24, 2.45) is 0 Å². The Balaban J connectivity index is 2.42. The molecule has 0 amide bonds. The summed E-state index contributed by atoms with van der Waals surface area (Å²) in [5.41, 5.74) is 0.601. The third-order valence-corrected chi connectivity index (χ3v) is 2.53. The molecule has 0 aliphatic rings. The molecular weight excluding hydrogens is 275 g/mol. The van der Waals surface area contributed by atoms with Crippen molar-refractivity contribution < 1.29 is 23.7 Å². The number of aliphatic hydroxyl groups excluding tert-OH is 1. The van der Waals surface area contributed by atoms with E-state index in [0.29, 0.717) is 44.2 Å². The van der Waals surface area contributed by atoms with Gasteiger partial charge in [-0.2, -0.15) is 0 Å². The van der Waals surface area contributed by atoms with Crippen LogP contribution in [0.5, 0.6) is 5.75 Å². The molecule has 0 heterocycles.